The minimum atomic E-state index is -5.08. The first-order valence-corrected chi connectivity index (χ1v) is 10.3. The van der Waals surface area contributed by atoms with E-state index in [-0.39, 0.29) is 19.5 Å². The minimum absolute atomic E-state index is 0.160. The number of aromatic nitrogens is 1. The lowest BCUT2D eigenvalue weighted by Gasteiger charge is -2.19. The van der Waals surface area contributed by atoms with Gasteiger partial charge in [0.2, 0.25) is 0 Å². The molecule has 0 amide bonds. The number of aliphatic carboxylic acids is 3. The van der Waals surface area contributed by atoms with Crippen LogP contribution in [0, 0.1) is 17.8 Å². The third-order valence-electron chi connectivity index (χ3n) is 6.01. The van der Waals surface area contributed by atoms with Crippen LogP contribution in [0.4, 0.5) is 13.2 Å². The topological polar surface area (TPSA) is 141 Å². The Hall–Kier alpha value is -2.83. The molecule has 1 aliphatic heterocycles. The molecule has 1 aromatic carbocycles. The molecular weight excluding hydrogens is 508 g/mol. The van der Waals surface area contributed by atoms with Gasteiger partial charge in [-0.25, -0.2) is 4.79 Å². The second kappa shape index (κ2) is 8.75. The number of carboxylic acids is 3. The molecule has 2 heterocycles. The van der Waals surface area contributed by atoms with E-state index in [0.717, 1.165) is 0 Å². The number of hydrogen-bond acceptors (Lipinski definition) is 6. The van der Waals surface area contributed by atoms with Crippen molar-refractivity contribution in [3.05, 3.63) is 39.6 Å². The molecule has 2 aromatic rings. The van der Waals surface area contributed by atoms with Crippen molar-refractivity contribution in [2.75, 3.05) is 13.1 Å². The maximum atomic E-state index is 11.7. The number of alkyl halides is 3. The van der Waals surface area contributed by atoms with Gasteiger partial charge in [-0.15, -0.1) is 0 Å². The van der Waals surface area contributed by atoms with Crippen LogP contribution in [0.2, 0.25) is 10.0 Å². The highest BCUT2D eigenvalue weighted by Crippen LogP contribution is 2.68. The molecule has 1 saturated heterocycles. The quantitative estimate of drug-likeness (QED) is 0.529. The van der Waals surface area contributed by atoms with E-state index in [1.54, 1.807) is 25.1 Å². The number of carbonyl (C=O) groups is 3. The molecule has 0 spiro atoms. The first-order chi connectivity index (χ1) is 15.7. The first kappa shape index (κ1) is 25.8. The number of fused-ring (bicyclic) bond motifs is 1. The van der Waals surface area contributed by atoms with Crippen LogP contribution in [-0.4, -0.2) is 62.5 Å². The van der Waals surface area contributed by atoms with Crippen LogP contribution >= 0.6 is 23.2 Å². The summed E-state index contributed by atoms with van der Waals surface area (Å²) in [6.07, 6.45) is -4.92. The molecule has 1 saturated carbocycles. The summed E-state index contributed by atoms with van der Waals surface area (Å²) < 4.78 is 37.1. The van der Waals surface area contributed by atoms with Crippen LogP contribution in [0.25, 0.3) is 11.3 Å². The van der Waals surface area contributed by atoms with E-state index in [0.29, 0.717) is 39.2 Å². The second-order valence-electron chi connectivity index (χ2n) is 8.06. The van der Waals surface area contributed by atoms with Gasteiger partial charge in [0.1, 0.15) is 11.5 Å². The molecule has 1 aromatic heterocycles. The Morgan fingerprint density at radius 3 is 1.97 bits per heavy atom. The van der Waals surface area contributed by atoms with Gasteiger partial charge in [0.25, 0.3) is 0 Å². The molecule has 14 heteroatoms. The van der Waals surface area contributed by atoms with Crippen LogP contribution in [-0.2, 0) is 20.9 Å². The Morgan fingerprint density at radius 1 is 1.09 bits per heavy atom. The number of likely N-dealkylation sites (tertiary alicyclic amines) is 1. The molecule has 34 heavy (non-hydrogen) atoms. The molecule has 0 bridgehead atoms. The van der Waals surface area contributed by atoms with Crippen molar-refractivity contribution >= 4 is 41.1 Å². The van der Waals surface area contributed by atoms with Crippen molar-refractivity contribution in [2.45, 2.75) is 26.1 Å². The lowest BCUT2D eigenvalue weighted by molar-refractivity contribution is -0.192. The number of aryl methyl sites for hydroxylation is 1. The third-order valence-corrected chi connectivity index (χ3v) is 6.64. The van der Waals surface area contributed by atoms with E-state index in [1.165, 1.54) is 0 Å². The zero-order valence-electron chi connectivity index (χ0n) is 17.3. The average Bonchev–Trinajstić information content (AvgIpc) is 3.07. The molecular formula is C20H17Cl2F3N2O7. The Labute approximate surface area is 199 Å². The fourth-order valence-corrected chi connectivity index (χ4v) is 4.81. The number of rotatable bonds is 5. The predicted molar refractivity (Wildman–Crippen MR) is 110 cm³/mol. The summed E-state index contributed by atoms with van der Waals surface area (Å²) in [5.74, 6) is -4.34. The molecule has 9 nitrogen and oxygen atoms in total. The van der Waals surface area contributed by atoms with Crippen molar-refractivity contribution in [2.24, 2.45) is 10.8 Å². The van der Waals surface area contributed by atoms with Crippen LogP contribution in [0.1, 0.15) is 17.7 Å². The lowest BCUT2D eigenvalue weighted by Crippen LogP contribution is -2.28. The van der Waals surface area contributed by atoms with Gasteiger partial charge in [0.15, 0.2) is 0 Å². The zero-order chi connectivity index (χ0) is 25.6. The Bertz CT molecular complexity index is 1120. The minimum Gasteiger partial charge on any atom is -0.481 e. The standard InChI is InChI=1S/C18H16Cl2N2O5.C2HF3O2/c1-9-10(14(21-27-9)13-11(19)3-2-4-12(13)20)5-22-7-17(15(23)24)6-18(17,8-22)16(25)26;3-2(4,5)1(6)7/h2-4H,5-8H2,1H3,(H,23,24)(H,25,26);(H,6,7)/t17-,18+;. The number of hydrogen-bond donors (Lipinski definition) is 3. The summed E-state index contributed by atoms with van der Waals surface area (Å²) in [5, 5.41) is 31.2. The number of nitrogens with zero attached hydrogens (tertiary/aromatic N) is 2. The van der Waals surface area contributed by atoms with Crippen LogP contribution in [0.5, 0.6) is 0 Å². The molecule has 0 radical (unpaired) electrons. The van der Waals surface area contributed by atoms with E-state index >= 15 is 0 Å². The average molecular weight is 525 g/mol. The molecule has 0 unspecified atom stereocenters. The molecule has 184 valence electrons. The van der Waals surface area contributed by atoms with Gasteiger partial charge in [-0.05, 0) is 25.5 Å². The van der Waals surface area contributed by atoms with E-state index in [1.807, 2.05) is 4.90 Å². The van der Waals surface area contributed by atoms with Gasteiger partial charge in [0, 0.05) is 30.8 Å². The summed E-state index contributed by atoms with van der Waals surface area (Å²) in [6.45, 7) is 2.37. The highest BCUT2D eigenvalue weighted by atomic mass is 35.5. The molecule has 2 aliphatic rings. The van der Waals surface area contributed by atoms with Crippen molar-refractivity contribution < 1.29 is 47.4 Å². The SMILES string of the molecule is Cc1onc(-c2c(Cl)cccc2Cl)c1CN1C[C@@]2(C(=O)O)C[C@@]2(C(=O)O)C1.O=C(O)C(F)(F)F. The fourth-order valence-electron chi connectivity index (χ4n) is 4.23. The zero-order valence-corrected chi connectivity index (χ0v) is 18.8. The van der Waals surface area contributed by atoms with Gasteiger partial charge in [-0.3, -0.25) is 14.5 Å². The largest absolute Gasteiger partial charge is 0.490 e. The monoisotopic (exact) mass is 524 g/mol. The molecule has 4 rings (SSSR count). The number of halogens is 5. The van der Waals surface area contributed by atoms with Gasteiger partial charge >= 0.3 is 24.1 Å². The number of carboxylic acid groups (broad SMARTS) is 3. The van der Waals surface area contributed by atoms with Crippen molar-refractivity contribution in [3.63, 3.8) is 0 Å². The summed E-state index contributed by atoms with van der Waals surface area (Å²) in [7, 11) is 0. The van der Waals surface area contributed by atoms with E-state index in [9.17, 15) is 33.0 Å². The van der Waals surface area contributed by atoms with E-state index in [2.05, 4.69) is 5.16 Å². The Morgan fingerprint density at radius 2 is 1.56 bits per heavy atom. The fraction of sp³-hybridized carbons (Fsp3) is 0.400. The van der Waals surface area contributed by atoms with Crippen molar-refractivity contribution in [1.82, 2.24) is 10.1 Å². The lowest BCUT2D eigenvalue weighted by atomic mass is 9.97. The smallest absolute Gasteiger partial charge is 0.481 e. The number of piperidine rings is 1. The second-order valence-corrected chi connectivity index (χ2v) is 8.88. The van der Waals surface area contributed by atoms with Crippen molar-refractivity contribution in [3.8, 4) is 11.3 Å². The maximum absolute atomic E-state index is 11.7. The summed E-state index contributed by atoms with van der Waals surface area (Å²) in [4.78, 5) is 34.1. The Balaban J connectivity index is 0.000000406. The van der Waals surface area contributed by atoms with Crippen LogP contribution < -0.4 is 0 Å². The molecule has 1 aliphatic carbocycles. The normalized spacial score (nSPS) is 23.6. The van der Waals surface area contributed by atoms with Crippen molar-refractivity contribution in [1.29, 1.82) is 0 Å². The van der Waals surface area contributed by atoms with Gasteiger partial charge in [0.05, 0.1) is 20.9 Å². The van der Waals surface area contributed by atoms with Crippen LogP contribution in [0.15, 0.2) is 22.7 Å². The predicted octanol–water partition coefficient (Wildman–Crippen LogP) is 3.95. The maximum Gasteiger partial charge on any atom is 0.490 e. The molecule has 2 fully saturated rings. The first-order valence-electron chi connectivity index (χ1n) is 9.55. The summed E-state index contributed by atoms with van der Waals surface area (Å²) >= 11 is 12.6. The van der Waals surface area contributed by atoms with E-state index < -0.39 is 34.9 Å². The van der Waals surface area contributed by atoms with Gasteiger partial charge in [-0.2, -0.15) is 13.2 Å². The third kappa shape index (κ3) is 4.32. The van der Waals surface area contributed by atoms with Gasteiger partial charge in [-0.1, -0.05) is 34.4 Å². The summed E-state index contributed by atoms with van der Waals surface area (Å²) in [5.41, 5.74) is -0.721. The number of benzene rings is 1. The molecule has 3 N–H and O–H groups in total. The van der Waals surface area contributed by atoms with Gasteiger partial charge < -0.3 is 19.8 Å². The molecule has 2 atom stereocenters. The highest BCUT2D eigenvalue weighted by molar-refractivity contribution is 6.39. The Kier molecular flexibility index (Phi) is 6.64. The highest BCUT2D eigenvalue weighted by Gasteiger charge is 2.80. The van der Waals surface area contributed by atoms with Crippen LogP contribution in [0.3, 0.4) is 0 Å². The van der Waals surface area contributed by atoms with E-state index in [4.69, 9.17) is 37.6 Å². The summed E-state index contributed by atoms with van der Waals surface area (Å²) in [6, 6.07) is 5.11.